The smallest absolute Gasteiger partial charge is 0.226 e. The first-order chi connectivity index (χ1) is 13.7. The van der Waals surface area contributed by atoms with Gasteiger partial charge in [0.1, 0.15) is 0 Å². The molecule has 1 aliphatic carbocycles. The van der Waals surface area contributed by atoms with E-state index in [4.69, 9.17) is 4.52 Å². The molecule has 0 spiro atoms. The van der Waals surface area contributed by atoms with Crippen molar-refractivity contribution in [2.45, 2.75) is 51.5 Å². The van der Waals surface area contributed by atoms with E-state index in [0.29, 0.717) is 37.5 Å². The van der Waals surface area contributed by atoms with Gasteiger partial charge in [0.25, 0.3) is 0 Å². The summed E-state index contributed by atoms with van der Waals surface area (Å²) in [6.45, 7) is 0.552. The van der Waals surface area contributed by atoms with Crippen molar-refractivity contribution in [3.8, 4) is 11.4 Å². The quantitative estimate of drug-likeness (QED) is 0.676. The highest BCUT2D eigenvalue weighted by Crippen LogP contribution is 2.23. The largest absolute Gasteiger partial charge is 0.340 e. The fourth-order valence-electron chi connectivity index (χ4n) is 3.54. The summed E-state index contributed by atoms with van der Waals surface area (Å²) in [6.07, 6.45) is 9.59. The standard InChI is InChI=1S/C20H24N6O2/c1-26(13-17-15-7-2-3-8-16(15)23-24-17)19(27)10-4-9-18-22-20(25-28-18)14-6-5-11-21-12-14/h5-6,11-12H,2-4,7-10,13H2,1H3,(H,23,24). The summed E-state index contributed by atoms with van der Waals surface area (Å²) >= 11 is 0. The van der Waals surface area contributed by atoms with Crippen LogP contribution in [0.4, 0.5) is 0 Å². The second-order valence-electron chi connectivity index (χ2n) is 7.19. The van der Waals surface area contributed by atoms with E-state index in [0.717, 1.165) is 24.1 Å². The van der Waals surface area contributed by atoms with Crippen LogP contribution in [-0.4, -0.2) is 43.2 Å². The number of rotatable bonds is 7. The van der Waals surface area contributed by atoms with Crippen molar-refractivity contribution >= 4 is 5.91 Å². The van der Waals surface area contributed by atoms with E-state index in [1.54, 1.807) is 17.3 Å². The first-order valence-electron chi connectivity index (χ1n) is 9.72. The number of amides is 1. The van der Waals surface area contributed by atoms with Crippen LogP contribution in [0.25, 0.3) is 11.4 Å². The van der Waals surface area contributed by atoms with Gasteiger partial charge < -0.3 is 9.42 Å². The summed E-state index contributed by atoms with van der Waals surface area (Å²) in [5.41, 5.74) is 4.36. The van der Waals surface area contributed by atoms with Crippen LogP contribution in [-0.2, 0) is 30.6 Å². The maximum Gasteiger partial charge on any atom is 0.226 e. The lowest BCUT2D eigenvalue weighted by molar-refractivity contribution is -0.130. The molecule has 4 rings (SSSR count). The van der Waals surface area contributed by atoms with Crippen LogP contribution in [0.5, 0.6) is 0 Å². The first-order valence-corrected chi connectivity index (χ1v) is 9.72. The van der Waals surface area contributed by atoms with Crippen molar-refractivity contribution in [2.24, 2.45) is 0 Å². The average Bonchev–Trinajstić information content (AvgIpc) is 3.36. The minimum Gasteiger partial charge on any atom is -0.340 e. The highest BCUT2D eigenvalue weighted by atomic mass is 16.5. The van der Waals surface area contributed by atoms with Gasteiger partial charge in [-0.2, -0.15) is 10.1 Å². The lowest BCUT2D eigenvalue weighted by Crippen LogP contribution is -2.26. The van der Waals surface area contributed by atoms with Crippen molar-refractivity contribution in [1.82, 2.24) is 30.2 Å². The summed E-state index contributed by atoms with van der Waals surface area (Å²) in [5, 5.41) is 11.5. The molecule has 0 aliphatic heterocycles. The number of nitrogens with one attached hydrogen (secondary N) is 1. The van der Waals surface area contributed by atoms with Crippen LogP contribution in [0.3, 0.4) is 0 Å². The molecule has 8 nitrogen and oxygen atoms in total. The minimum absolute atomic E-state index is 0.0968. The molecule has 28 heavy (non-hydrogen) atoms. The number of hydrogen-bond donors (Lipinski definition) is 1. The molecule has 1 N–H and O–H groups in total. The van der Waals surface area contributed by atoms with Gasteiger partial charge in [-0.05, 0) is 49.8 Å². The Morgan fingerprint density at radius 2 is 2.21 bits per heavy atom. The Kier molecular flexibility index (Phi) is 5.45. The van der Waals surface area contributed by atoms with E-state index in [9.17, 15) is 4.79 Å². The summed E-state index contributed by atoms with van der Waals surface area (Å²) in [5.74, 6) is 1.16. The van der Waals surface area contributed by atoms with Crippen LogP contribution in [0, 0.1) is 0 Å². The lowest BCUT2D eigenvalue weighted by atomic mass is 9.96. The third kappa shape index (κ3) is 4.11. The zero-order valence-electron chi connectivity index (χ0n) is 16.0. The molecular weight excluding hydrogens is 356 g/mol. The van der Waals surface area contributed by atoms with Gasteiger partial charge in [0, 0.05) is 43.5 Å². The molecule has 3 aromatic rings. The monoisotopic (exact) mass is 380 g/mol. The first kappa shape index (κ1) is 18.3. The number of aromatic amines is 1. The Hall–Kier alpha value is -3.03. The van der Waals surface area contributed by atoms with E-state index < -0.39 is 0 Å². The van der Waals surface area contributed by atoms with Gasteiger partial charge >= 0.3 is 0 Å². The SMILES string of the molecule is CN(Cc1n[nH]c2c1CCCC2)C(=O)CCCc1nc(-c2cccnc2)no1. The highest BCUT2D eigenvalue weighted by molar-refractivity contribution is 5.75. The van der Waals surface area contributed by atoms with Crippen molar-refractivity contribution in [3.05, 3.63) is 47.4 Å². The van der Waals surface area contributed by atoms with Crippen molar-refractivity contribution < 1.29 is 9.32 Å². The van der Waals surface area contributed by atoms with Crippen molar-refractivity contribution in [3.63, 3.8) is 0 Å². The van der Waals surface area contributed by atoms with Crippen molar-refractivity contribution in [1.29, 1.82) is 0 Å². The maximum atomic E-state index is 12.5. The fraction of sp³-hybridized carbons (Fsp3) is 0.450. The number of aryl methyl sites for hydroxylation is 2. The molecule has 0 atom stereocenters. The summed E-state index contributed by atoms with van der Waals surface area (Å²) in [7, 11) is 1.83. The lowest BCUT2D eigenvalue weighted by Gasteiger charge is -2.18. The predicted molar refractivity (Wildman–Crippen MR) is 102 cm³/mol. The molecule has 0 saturated carbocycles. The molecule has 3 aromatic heterocycles. The number of pyridine rings is 1. The zero-order valence-corrected chi connectivity index (χ0v) is 16.0. The molecule has 0 radical (unpaired) electrons. The Morgan fingerprint density at radius 3 is 3.07 bits per heavy atom. The number of H-pyrrole nitrogens is 1. The van der Waals surface area contributed by atoms with Gasteiger partial charge in [-0.3, -0.25) is 14.9 Å². The summed E-state index contributed by atoms with van der Waals surface area (Å²) < 4.78 is 5.28. The van der Waals surface area contributed by atoms with Gasteiger partial charge in [0.05, 0.1) is 12.2 Å². The van der Waals surface area contributed by atoms with E-state index in [-0.39, 0.29) is 5.91 Å². The molecule has 3 heterocycles. The molecule has 1 amide bonds. The third-order valence-corrected chi connectivity index (χ3v) is 5.12. The Labute approximate surface area is 163 Å². The normalized spacial score (nSPS) is 13.3. The Bertz CT molecular complexity index is 933. The summed E-state index contributed by atoms with van der Waals surface area (Å²) in [6, 6.07) is 3.71. The maximum absolute atomic E-state index is 12.5. The van der Waals surface area contributed by atoms with Gasteiger partial charge in [-0.25, -0.2) is 0 Å². The van der Waals surface area contributed by atoms with Crippen LogP contribution < -0.4 is 0 Å². The van der Waals surface area contributed by atoms with Gasteiger partial charge in [-0.1, -0.05) is 5.16 Å². The van der Waals surface area contributed by atoms with E-state index in [2.05, 4.69) is 25.3 Å². The number of carbonyl (C=O) groups excluding carboxylic acids is 1. The second-order valence-corrected chi connectivity index (χ2v) is 7.19. The van der Waals surface area contributed by atoms with Crippen LogP contribution in [0.15, 0.2) is 29.0 Å². The van der Waals surface area contributed by atoms with Gasteiger partial charge in [0.15, 0.2) is 0 Å². The molecule has 0 saturated heterocycles. The molecule has 8 heteroatoms. The second kappa shape index (κ2) is 8.33. The molecule has 1 aliphatic rings. The van der Waals surface area contributed by atoms with Crippen LogP contribution in [0.2, 0.25) is 0 Å². The average molecular weight is 380 g/mol. The number of fused-ring (bicyclic) bond motifs is 1. The molecule has 0 fully saturated rings. The van der Waals surface area contributed by atoms with Gasteiger partial charge in [-0.15, -0.1) is 0 Å². The van der Waals surface area contributed by atoms with Crippen LogP contribution >= 0.6 is 0 Å². The number of aromatic nitrogens is 5. The molecule has 0 aromatic carbocycles. The predicted octanol–water partition coefficient (Wildman–Crippen LogP) is 2.71. The Morgan fingerprint density at radius 1 is 1.32 bits per heavy atom. The van der Waals surface area contributed by atoms with Gasteiger partial charge in [0.2, 0.25) is 17.6 Å². The Balaban J connectivity index is 1.26. The fourth-order valence-corrected chi connectivity index (χ4v) is 3.54. The van der Waals surface area contributed by atoms with Crippen LogP contribution in [0.1, 0.15) is 48.5 Å². The molecule has 146 valence electrons. The number of carbonyl (C=O) groups is 1. The molecular formula is C20H24N6O2. The van der Waals surface area contributed by atoms with E-state index >= 15 is 0 Å². The molecule has 0 unspecified atom stereocenters. The van der Waals surface area contributed by atoms with E-state index in [1.165, 1.54) is 24.1 Å². The number of nitrogens with zero attached hydrogens (tertiary/aromatic N) is 5. The number of hydrogen-bond acceptors (Lipinski definition) is 6. The zero-order chi connectivity index (χ0) is 19.3. The minimum atomic E-state index is 0.0968. The molecule has 0 bridgehead atoms. The third-order valence-electron chi connectivity index (χ3n) is 5.12. The topological polar surface area (TPSA) is 101 Å². The summed E-state index contributed by atoms with van der Waals surface area (Å²) in [4.78, 5) is 22.6. The van der Waals surface area contributed by atoms with E-state index in [1.807, 2.05) is 19.2 Å². The highest BCUT2D eigenvalue weighted by Gasteiger charge is 2.19. The van der Waals surface area contributed by atoms with Crippen molar-refractivity contribution in [2.75, 3.05) is 7.05 Å².